The van der Waals surface area contributed by atoms with Gasteiger partial charge in [-0.05, 0) is 38.0 Å². The van der Waals surface area contributed by atoms with Crippen LogP contribution >= 0.6 is 11.6 Å². The second-order valence-corrected chi connectivity index (χ2v) is 6.33. The number of urea groups is 1. The van der Waals surface area contributed by atoms with Crippen molar-refractivity contribution in [2.24, 2.45) is 0 Å². The third-order valence-electron chi connectivity index (χ3n) is 4.52. The average molecular weight is 348 g/mol. The number of nitrogens with one attached hydrogen (secondary N) is 1. The smallest absolute Gasteiger partial charge is 0.325 e. The predicted molar refractivity (Wildman–Crippen MR) is 88.5 cm³/mol. The molecular weight excluding hydrogens is 330 g/mol. The molecule has 1 atom stereocenters. The van der Waals surface area contributed by atoms with Gasteiger partial charge in [-0.25, -0.2) is 4.79 Å². The molecule has 24 heavy (non-hydrogen) atoms. The summed E-state index contributed by atoms with van der Waals surface area (Å²) in [6.07, 6.45) is 0.427. The molecule has 0 bridgehead atoms. The van der Waals surface area contributed by atoms with Crippen molar-refractivity contribution in [2.75, 3.05) is 0 Å². The van der Waals surface area contributed by atoms with Gasteiger partial charge in [0.15, 0.2) is 0 Å². The highest BCUT2D eigenvalue weighted by Gasteiger charge is 2.51. The zero-order chi connectivity index (χ0) is 17.5. The average Bonchev–Trinajstić information content (AvgIpc) is 3.00. The van der Waals surface area contributed by atoms with E-state index < -0.39 is 11.6 Å². The van der Waals surface area contributed by atoms with E-state index in [2.05, 4.69) is 10.5 Å². The Labute approximate surface area is 144 Å². The SMILES string of the molecule is CC[C@@]1(c2cccc(Cl)c2)NC(=O)N(Cc2c(C)noc2C)C1=O. The lowest BCUT2D eigenvalue weighted by Gasteiger charge is -2.26. The van der Waals surface area contributed by atoms with Crippen LogP contribution in [-0.2, 0) is 16.9 Å². The Hall–Kier alpha value is -2.34. The van der Waals surface area contributed by atoms with Gasteiger partial charge in [-0.1, -0.05) is 35.8 Å². The van der Waals surface area contributed by atoms with Gasteiger partial charge in [-0.2, -0.15) is 0 Å². The number of rotatable bonds is 4. The molecule has 2 heterocycles. The molecule has 7 heteroatoms. The van der Waals surface area contributed by atoms with Crippen LogP contribution < -0.4 is 5.32 Å². The maximum absolute atomic E-state index is 13.1. The van der Waals surface area contributed by atoms with Crippen molar-refractivity contribution in [3.8, 4) is 0 Å². The molecule has 1 aromatic heterocycles. The van der Waals surface area contributed by atoms with Gasteiger partial charge in [0.1, 0.15) is 11.3 Å². The highest BCUT2D eigenvalue weighted by atomic mass is 35.5. The van der Waals surface area contributed by atoms with E-state index in [1.165, 1.54) is 4.90 Å². The summed E-state index contributed by atoms with van der Waals surface area (Å²) in [5.74, 6) is 0.308. The van der Waals surface area contributed by atoms with Crippen LogP contribution in [0.1, 0.15) is 35.9 Å². The lowest BCUT2D eigenvalue weighted by atomic mass is 9.87. The van der Waals surface area contributed by atoms with E-state index in [1.807, 2.05) is 6.92 Å². The van der Waals surface area contributed by atoms with Crippen LogP contribution in [0, 0.1) is 13.8 Å². The number of aromatic nitrogens is 1. The van der Waals surface area contributed by atoms with E-state index in [4.69, 9.17) is 16.1 Å². The number of hydrogen-bond acceptors (Lipinski definition) is 4. The van der Waals surface area contributed by atoms with E-state index in [0.717, 1.165) is 5.56 Å². The maximum atomic E-state index is 13.1. The minimum Gasteiger partial charge on any atom is -0.361 e. The van der Waals surface area contributed by atoms with Gasteiger partial charge in [0.05, 0.1) is 12.2 Å². The number of carbonyl (C=O) groups is 2. The number of amides is 3. The minimum atomic E-state index is -1.10. The third-order valence-corrected chi connectivity index (χ3v) is 4.76. The molecule has 1 aliphatic rings. The van der Waals surface area contributed by atoms with Gasteiger partial charge in [0.25, 0.3) is 5.91 Å². The molecule has 0 aliphatic carbocycles. The van der Waals surface area contributed by atoms with Crippen LogP contribution in [0.25, 0.3) is 0 Å². The van der Waals surface area contributed by atoms with Crippen molar-refractivity contribution in [1.82, 2.24) is 15.4 Å². The van der Waals surface area contributed by atoms with Gasteiger partial charge < -0.3 is 9.84 Å². The zero-order valence-electron chi connectivity index (χ0n) is 13.7. The Bertz CT molecular complexity index is 798. The molecule has 0 saturated carbocycles. The van der Waals surface area contributed by atoms with Crippen molar-refractivity contribution in [1.29, 1.82) is 0 Å². The van der Waals surface area contributed by atoms with Crippen molar-refractivity contribution in [3.63, 3.8) is 0 Å². The standard InChI is InChI=1S/C17H18ClN3O3/c1-4-17(12-6-5-7-13(18)8-12)15(22)21(16(23)19-17)9-14-10(2)20-24-11(14)3/h5-8H,4,9H2,1-3H3,(H,19,23)/t17-/m0/s1. The van der Waals surface area contributed by atoms with Gasteiger partial charge in [-0.3, -0.25) is 9.69 Å². The van der Waals surface area contributed by atoms with Crippen molar-refractivity contribution >= 4 is 23.5 Å². The fourth-order valence-electron chi connectivity index (χ4n) is 3.05. The van der Waals surface area contributed by atoms with Crippen molar-refractivity contribution < 1.29 is 14.1 Å². The summed E-state index contributed by atoms with van der Waals surface area (Å²) in [4.78, 5) is 26.8. The molecule has 3 amide bonds. The molecule has 0 radical (unpaired) electrons. The minimum absolute atomic E-state index is 0.133. The summed E-state index contributed by atoms with van der Waals surface area (Å²) >= 11 is 6.06. The molecule has 3 rings (SSSR count). The zero-order valence-corrected chi connectivity index (χ0v) is 14.5. The quantitative estimate of drug-likeness (QED) is 0.861. The summed E-state index contributed by atoms with van der Waals surface area (Å²) in [6.45, 7) is 5.54. The molecule has 1 fully saturated rings. The van der Waals surface area contributed by atoms with Crippen LogP contribution in [0.2, 0.25) is 5.02 Å². The highest BCUT2D eigenvalue weighted by Crippen LogP contribution is 2.34. The van der Waals surface area contributed by atoms with Crippen LogP contribution in [-0.4, -0.2) is 22.0 Å². The summed E-state index contributed by atoms with van der Waals surface area (Å²) in [7, 11) is 0. The molecule has 1 N–H and O–H groups in total. The Morgan fingerprint density at radius 1 is 1.33 bits per heavy atom. The van der Waals surface area contributed by atoms with E-state index in [9.17, 15) is 9.59 Å². The number of nitrogens with zero attached hydrogens (tertiary/aromatic N) is 2. The molecule has 6 nitrogen and oxygen atoms in total. The van der Waals surface area contributed by atoms with Crippen LogP contribution in [0.15, 0.2) is 28.8 Å². The lowest BCUT2D eigenvalue weighted by Crippen LogP contribution is -2.43. The molecular formula is C17H18ClN3O3. The molecule has 2 aromatic rings. The van der Waals surface area contributed by atoms with E-state index >= 15 is 0 Å². The fraction of sp³-hybridized carbons (Fsp3) is 0.353. The maximum Gasteiger partial charge on any atom is 0.325 e. The van der Waals surface area contributed by atoms with Gasteiger partial charge in [0, 0.05) is 10.6 Å². The Morgan fingerprint density at radius 2 is 2.08 bits per heavy atom. The van der Waals surface area contributed by atoms with Crippen molar-refractivity contribution in [2.45, 2.75) is 39.3 Å². The number of hydrogen-bond donors (Lipinski definition) is 1. The normalized spacial score (nSPS) is 20.6. The Morgan fingerprint density at radius 3 is 2.67 bits per heavy atom. The summed E-state index contributed by atoms with van der Waals surface area (Å²) < 4.78 is 5.12. The lowest BCUT2D eigenvalue weighted by molar-refractivity contribution is -0.132. The van der Waals surface area contributed by atoms with Gasteiger partial charge in [-0.15, -0.1) is 0 Å². The first-order valence-corrected chi connectivity index (χ1v) is 8.08. The first kappa shape index (κ1) is 16.5. The van der Waals surface area contributed by atoms with Crippen LogP contribution in [0.4, 0.5) is 4.79 Å². The predicted octanol–water partition coefficient (Wildman–Crippen LogP) is 3.30. The first-order chi connectivity index (χ1) is 11.4. The molecule has 1 aromatic carbocycles. The van der Waals surface area contributed by atoms with E-state index in [-0.39, 0.29) is 12.5 Å². The Balaban J connectivity index is 1.98. The van der Waals surface area contributed by atoms with Crippen LogP contribution in [0.5, 0.6) is 0 Å². The van der Waals surface area contributed by atoms with E-state index in [1.54, 1.807) is 38.1 Å². The molecule has 1 saturated heterocycles. The summed E-state index contributed by atoms with van der Waals surface area (Å²) in [5, 5.41) is 7.23. The third kappa shape index (κ3) is 2.47. The molecule has 0 spiro atoms. The second-order valence-electron chi connectivity index (χ2n) is 5.89. The largest absolute Gasteiger partial charge is 0.361 e. The summed E-state index contributed by atoms with van der Waals surface area (Å²) in [6, 6.07) is 6.58. The first-order valence-electron chi connectivity index (χ1n) is 7.71. The molecule has 1 aliphatic heterocycles. The number of carbonyl (C=O) groups excluding carboxylic acids is 2. The fourth-order valence-corrected chi connectivity index (χ4v) is 3.24. The monoisotopic (exact) mass is 347 g/mol. The van der Waals surface area contributed by atoms with Gasteiger partial charge >= 0.3 is 6.03 Å². The number of halogens is 1. The number of imide groups is 1. The highest BCUT2D eigenvalue weighted by molar-refractivity contribution is 6.30. The summed E-state index contributed by atoms with van der Waals surface area (Å²) in [5.41, 5.74) is 1.000. The van der Waals surface area contributed by atoms with Gasteiger partial charge in [0.2, 0.25) is 0 Å². The van der Waals surface area contributed by atoms with E-state index in [0.29, 0.717) is 28.5 Å². The second kappa shape index (κ2) is 5.94. The molecule has 0 unspecified atom stereocenters. The van der Waals surface area contributed by atoms with Crippen molar-refractivity contribution in [3.05, 3.63) is 51.9 Å². The van der Waals surface area contributed by atoms with Crippen LogP contribution in [0.3, 0.4) is 0 Å². The number of aryl methyl sites for hydroxylation is 2. The Kier molecular flexibility index (Phi) is 4.09. The number of benzene rings is 1. The molecule has 126 valence electrons. The topological polar surface area (TPSA) is 75.4 Å².